The SMILES string of the molecule is CCNC(=NCC(C)(C)N1CCCCC1)NCCCOCC1CCOCC1.I. The number of nitrogens with one attached hydrogen (secondary N) is 2. The zero-order chi connectivity index (χ0) is 19.4. The number of nitrogens with zero attached hydrogens (tertiary/aromatic N) is 2. The van der Waals surface area contributed by atoms with E-state index < -0.39 is 0 Å². The molecule has 0 amide bonds. The maximum Gasteiger partial charge on any atom is 0.191 e. The molecule has 0 atom stereocenters. The predicted octanol–water partition coefficient (Wildman–Crippen LogP) is 3.26. The highest BCUT2D eigenvalue weighted by molar-refractivity contribution is 14.0. The van der Waals surface area contributed by atoms with Gasteiger partial charge in [0.1, 0.15) is 0 Å². The maximum atomic E-state index is 5.85. The van der Waals surface area contributed by atoms with Crippen molar-refractivity contribution in [2.45, 2.75) is 64.8 Å². The lowest BCUT2D eigenvalue weighted by Crippen LogP contribution is -2.49. The molecular weight excluding hydrogens is 467 g/mol. The Morgan fingerprint density at radius 2 is 1.86 bits per heavy atom. The van der Waals surface area contributed by atoms with Gasteiger partial charge in [-0.25, -0.2) is 0 Å². The third kappa shape index (κ3) is 10.1. The number of hydrogen-bond donors (Lipinski definition) is 2. The van der Waals surface area contributed by atoms with Gasteiger partial charge in [-0.2, -0.15) is 0 Å². The fraction of sp³-hybridized carbons (Fsp3) is 0.952. The average Bonchev–Trinajstić information content (AvgIpc) is 2.70. The van der Waals surface area contributed by atoms with Gasteiger partial charge in [0.05, 0.1) is 6.54 Å². The summed E-state index contributed by atoms with van der Waals surface area (Å²) in [6, 6.07) is 0. The van der Waals surface area contributed by atoms with Crippen LogP contribution in [0.5, 0.6) is 0 Å². The Hall–Kier alpha value is -0.120. The molecular formula is C21H43IN4O2. The molecule has 2 N–H and O–H groups in total. The lowest BCUT2D eigenvalue weighted by atomic mass is 9.99. The fourth-order valence-corrected chi connectivity index (χ4v) is 3.76. The molecule has 2 saturated heterocycles. The maximum absolute atomic E-state index is 5.85. The first-order valence-corrected chi connectivity index (χ1v) is 11.0. The van der Waals surface area contributed by atoms with Crippen LogP contribution in [0, 0.1) is 5.92 Å². The summed E-state index contributed by atoms with van der Waals surface area (Å²) in [4.78, 5) is 7.44. The second-order valence-corrected chi connectivity index (χ2v) is 8.47. The minimum absolute atomic E-state index is 0. The van der Waals surface area contributed by atoms with Crippen LogP contribution < -0.4 is 10.6 Å². The van der Waals surface area contributed by atoms with Crippen LogP contribution in [0.1, 0.15) is 59.3 Å². The third-order valence-electron chi connectivity index (χ3n) is 5.63. The Kier molecular flexibility index (Phi) is 13.7. The van der Waals surface area contributed by atoms with Crippen molar-refractivity contribution in [3.8, 4) is 0 Å². The molecule has 7 heteroatoms. The highest BCUT2D eigenvalue weighted by Gasteiger charge is 2.27. The Bertz CT molecular complexity index is 423. The van der Waals surface area contributed by atoms with E-state index in [1.54, 1.807) is 0 Å². The van der Waals surface area contributed by atoms with Gasteiger partial charge in [0.15, 0.2) is 5.96 Å². The lowest BCUT2D eigenvalue weighted by Gasteiger charge is -2.40. The second kappa shape index (κ2) is 14.8. The summed E-state index contributed by atoms with van der Waals surface area (Å²) in [5.74, 6) is 1.61. The van der Waals surface area contributed by atoms with E-state index in [0.717, 1.165) is 71.3 Å². The van der Waals surface area contributed by atoms with Crippen molar-refractivity contribution in [3.05, 3.63) is 0 Å². The number of hydrogen-bond acceptors (Lipinski definition) is 4. The van der Waals surface area contributed by atoms with E-state index in [1.807, 2.05) is 0 Å². The molecule has 0 aliphatic carbocycles. The topological polar surface area (TPSA) is 58.1 Å². The van der Waals surface area contributed by atoms with E-state index in [-0.39, 0.29) is 29.5 Å². The van der Waals surface area contributed by atoms with Crippen LogP contribution in [0.3, 0.4) is 0 Å². The zero-order valence-corrected chi connectivity index (χ0v) is 20.6. The van der Waals surface area contributed by atoms with Crippen LogP contribution in [0.15, 0.2) is 4.99 Å². The molecule has 166 valence electrons. The van der Waals surface area contributed by atoms with Crippen molar-refractivity contribution >= 4 is 29.9 Å². The van der Waals surface area contributed by atoms with Gasteiger partial charge in [0.2, 0.25) is 0 Å². The smallest absolute Gasteiger partial charge is 0.191 e. The van der Waals surface area contributed by atoms with Crippen molar-refractivity contribution in [2.24, 2.45) is 10.9 Å². The summed E-state index contributed by atoms with van der Waals surface area (Å²) in [6.07, 6.45) is 7.29. The monoisotopic (exact) mass is 510 g/mol. The van der Waals surface area contributed by atoms with E-state index in [4.69, 9.17) is 14.5 Å². The van der Waals surface area contributed by atoms with Gasteiger partial charge in [-0.05, 0) is 71.9 Å². The summed E-state index contributed by atoms with van der Waals surface area (Å²) in [7, 11) is 0. The summed E-state index contributed by atoms with van der Waals surface area (Å²) in [5, 5.41) is 6.82. The quantitative estimate of drug-likeness (QED) is 0.205. The first-order chi connectivity index (χ1) is 13.1. The highest BCUT2D eigenvalue weighted by Crippen LogP contribution is 2.20. The summed E-state index contributed by atoms with van der Waals surface area (Å²) < 4.78 is 11.2. The van der Waals surface area contributed by atoms with Crippen LogP contribution >= 0.6 is 24.0 Å². The van der Waals surface area contributed by atoms with Crippen molar-refractivity contribution < 1.29 is 9.47 Å². The molecule has 0 aromatic carbocycles. The van der Waals surface area contributed by atoms with Crippen LogP contribution in [0.4, 0.5) is 0 Å². The van der Waals surface area contributed by atoms with Crippen molar-refractivity contribution in [1.82, 2.24) is 15.5 Å². The van der Waals surface area contributed by atoms with Crippen molar-refractivity contribution in [1.29, 1.82) is 0 Å². The van der Waals surface area contributed by atoms with Crippen LogP contribution in [0.2, 0.25) is 0 Å². The summed E-state index contributed by atoms with van der Waals surface area (Å²) in [5.41, 5.74) is 0.121. The van der Waals surface area contributed by atoms with E-state index in [1.165, 1.54) is 32.4 Å². The molecule has 2 heterocycles. The largest absolute Gasteiger partial charge is 0.381 e. The molecule has 0 aromatic heterocycles. The molecule has 0 spiro atoms. The van der Waals surface area contributed by atoms with Crippen LogP contribution in [0.25, 0.3) is 0 Å². The summed E-state index contributed by atoms with van der Waals surface area (Å²) in [6.45, 7) is 15.2. The molecule has 2 aliphatic heterocycles. The van der Waals surface area contributed by atoms with E-state index in [0.29, 0.717) is 5.92 Å². The molecule has 6 nitrogen and oxygen atoms in total. The first kappa shape index (κ1) is 25.9. The van der Waals surface area contributed by atoms with Crippen molar-refractivity contribution in [2.75, 3.05) is 59.2 Å². The van der Waals surface area contributed by atoms with E-state index in [9.17, 15) is 0 Å². The fourth-order valence-electron chi connectivity index (χ4n) is 3.76. The van der Waals surface area contributed by atoms with Crippen molar-refractivity contribution in [3.63, 3.8) is 0 Å². The Morgan fingerprint density at radius 1 is 1.14 bits per heavy atom. The Labute approximate surface area is 189 Å². The number of ether oxygens (including phenoxy) is 2. The lowest BCUT2D eigenvalue weighted by molar-refractivity contribution is 0.0203. The molecule has 2 aliphatic rings. The summed E-state index contributed by atoms with van der Waals surface area (Å²) >= 11 is 0. The normalized spacial score (nSPS) is 19.9. The molecule has 0 aromatic rings. The number of likely N-dealkylation sites (tertiary alicyclic amines) is 1. The first-order valence-electron chi connectivity index (χ1n) is 11.0. The number of piperidine rings is 1. The number of halogens is 1. The number of guanidine groups is 1. The second-order valence-electron chi connectivity index (χ2n) is 8.47. The number of rotatable bonds is 10. The number of aliphatic imine (C=N–C) groups is 1. The van der Waals surface area contributed by atoms with E-state index in [2.05, 4.69) is 36.3 Å². The standard InChI is InChI=1S/C21H42N4O2.HI/c1-4-22-20(24-18-21(2,3)25-12-6-5-7-13-25)23-11-8-14-27-17-19-9-15-26-16-10-19;/h19H,4-18H2,1-3H3,(H2,22,23,24);1H. The Morgan fingerprint density at radius 3 is 2.54 bits per heavy atom. The molecule has 0 unspecified atom stereocenters. The minimum atomic E-state index is 0. The van der Waals surface area contributed by atoms with Crippen LogP contribution in [-0.2, 0) is 9.47 Å². The van der Waals surface area contributed by atoms with Gasteiger partial charge < -0.3 is 20.1 Å². The molecule has 0 radical (unpaired) electrons. The highest BCUT2D eigenvalue weighted by atomic mass is 127. The molecule has 0 bridgehead atoms. The average molecular weight is 511 g/mol. The van der Waals surface area contributed by atoms with Gasteiger partial charge in [0.25, 0.3) is 0 Å². The van der Waals surface area contributed by atoms with E-state index >= 15 is 0 Å². The minimum Gasteiger partial charge on any atom is -0.381 e. The van der Waals surface area contributed by atoms with Gasteiger partial charge in [-0.3, -0.25) is 9.89 Å². The molecule has 28 heavy (non-hydrogen) atoms. The molecule has 2 rings (SSSR count). The Balaban J connectivity index is 0.00000392. The molecule has 0 saturated carbocycles. The third-order valence-corrected chi connectivity index (χ3v) is 5.63. The zero-order valence-electron chi connectivity index (χ0n) is 18.3. The van der Waals surface area contributed by atoms with Gasteiger partial charge >= 0.3 is 0 Å². The van der Waals surface area contributed by atoms with Gasteiger partial charge in [0, 0.05) is 45.1 Å². The van der Waals surface area contributed by atoms with Crippen LogP contribution in [-0.4, -0.2) is 75.5 Å². The molecule has 2 fully saturated rings. The predicted molar refractivity (Wildman–Crippen MR) is 128 cm³/mol. The van der Waals surface area contributed by atoms with Gasteiger partial charge in [-0.15, -0.1) is 24.0 Å². The van der Waals surface area contributed by atoms with Gasteiger partial charge in [-0.1, -0.05) is 6.42 Å².